The topological polar surface area (TPSA) is 52.6 Å². The highest BCUT2D eigenvalue weighted by atomic mass is 19.3. The highest BCUT2D eigenvalue weighted by Crippen LogP contribution is 2.30. The molecule has 4 nitrogen and oxygen atoms in total. The molecule has 0 aromatic heterocycles. The molecule has 0 aromatic rings. The summed E-state index contributed by atoms with van der Waals surface area (Å²) >= 11 is 0. The molecular weight excluding hydrogens is 210 g/mol. The maximum Gasteiger partial charge on any atom is 0.377 e. The average molecular weight is 220 g/mol. The van der Waals surface area contributed by atoms with E-state index in [1.54, 1.807) is 6.92 Å². The van der Waals surface area contributed by atoms with Gasteiger partial charge in [-0.3, -0.25) is 0 Å². The quantitative estimate of drug-likeness (QED) is 0.527. The minimum atomic E-state index is -3.46. The number of carbonyl (C=O) groups is 2. The number of carbonyl (C=O) groups excluding carboxylic acids is 2. The van der Waals surface area contributed by atoms with E-state index in [0.717, 1.165) is 6.08 Å². The molecule has 1 heterocycles. The molecule has 1 rings (SSSR count). The lowest BCUT2D eigenvalue weighted by Crippen LogP contribution is -2.21. The molecule has 0 saturated carbocycles. The molecule has 0 radical (unpaired) electrons. The number of cyclic esters (lactones) is 1. The van der Waals surface area contributed by atoms with Crippen LogP contribution >= 0.6 is 0 Å². The summed E-state index contributed by atoms with van der Waals surface area (Å²) in [6.45, 7) is 1.27. The molecule has 84 valence electrons. The van der Waals surface area contributed by atoms with Crippen molar-refractivity contribution >= 4 is 11.9 Å². The molecule has 0 aromatic carbocycles. The molecule has 6 heteroatoms. The Labute approximate surface area is 84.8 Å². The van der Waals surface area contributed by atoms with E-state index in [-0.39, 0.29) is 6.61 Å². The first-order valence-electron chi connectivity index (χ1n) is 4.34. The lowest BCUT2D eigenvalue weighted by molar-refractivity contribution is -0.161. The van der Waals surface area contributed by atoms with Crippen molar-refractivity contribution in [3.63, 3.8) is 0 Å². The number of allylic oxidation sites excluding steroid dienone is 1. The third-order valence-electron chi connectivity index (χ3n) is 1.77. The van der Waals surface area contributed by atoms with Crippen LogP contribution in [0.4, 0.5) is 8.78 Å². The van der Waals surface area contributed by atoms with Gasteiger partial charge < -0.3 is 9.47 Å². The maximum atomic E-state index is 12.6. The largest absolute Gasteiger partial charge is 0.459 e. The molecule has 1 saturated heterocycles. The van der Waals surface area contributed by atoms with Crippen LogP contribution in [0.3, 0.4) is 0 Å². The van der Waals surface area contributed by atoms with Crippen LogP contribution in [0.15, 0.2) is 12.2 Å². The highest BCUT2D eigenvalue weighted by Gasteiger charge is 2.51. The first-order chi connectivity index (χ1) is 6.95. The van der Waals surface area contributed by atoms with Gasteiger partial charge in [0, 0.05) is 6.08 Å². The van der Waals surface area contributed by atoms with Gasteiger partial charge in [-0.25, -0.2) is 9.59 Å². The number of esters is 2. The molecule has 0 bridgehead atoms. The summed E-state index contributed by atoms with van der Waals surface area (Å²) in [5, 5.41) is 0. The molecule has 0 amide bonds. The summed E-state index contributed by atoms with van der Waals surface area (Å²) in [4.78, 5) is 21.4. The lowest BCUT2D eigenvalue weighted by atomic mass is 10.2. The van der Waals surface area contributed by atoms with E-state index >= 15 is 0 Å². The summed E-state index contributed by atoms with van der Waals surface area (Å²) in [6, 6.07) is 0. The van der Waals surface area contributed by atoms with E-state index in [2.05, 4.69) is 9.47 Å². The van der Waals surface area contributed by atoms with Gasteiger partial charge >= 0.3 is 17.9 Å². The lowest BCUT2D eigenvalue weighted by Gasteiger charge is -2.07. The van der Waals surface area contributed by atoms with Crippen molar-refractivity contribution in [2.24, 2.45) is 0 Å². The van der Waals surface area contributed by atoms with Crippen molar-refractivity contribution in [1.29, 1.82) is 0 Å². The maximum absolute atomic E-state index is 12.6. The molecule has 0 N–H and O–H groups in total. The zero-order valence-corrected chi connectivity index (χ0v) is 8.04. The van der Waals surface area contributed by atoms with Crippen molar-refractivity contribution in [3.8, 4) is 0 Å². The second kappa shape index (κ2) is 4.37. The predicted octanol–water partition coefficient (Wildman–Crippen LogP) is 1.06. The predicted molar refractivity (Wildman–Crippen MR) is 45.2 cm³/mol. The Morgan fingerprint density at radius 2 is 2.40 bits per heavy atom. The van der Waals surface area contributed by atoms with Crippen LogP contribution in [0.1, 0.15) is 13.3 Å². The van der Waals surface area contributed by atoms with Crippen LogP contribution in [0, 0.1) is 0 Å². The van der Waals surface area contributed by atoms with E-state index in [4.69, 9.17) is 0 Å². The fourth-order valence-corrected chi connectivity index (χ4v) is 1.10. The van der Waals surface area contributed by atoms with Crippen molar-refractivity contribution < 1.29 is 27.8 Å². The fourth-order valence-electron chi connectivity index (χ4n) is 1.10. The summed E-state index contributed by atoms with van der Waals surface area (Å²) in [6.07, 6.45) is 0.809. The van der Waals surface area contributed by atoms with E-state index in [0.29, 0.717) is 0 Å². The first-order valence-corrected chi connectivity index (χ1v) is 4.34. The summed E-state index contributed by atoms with van der Waals surface area (Å²) in [7, 11) is 0. The Balaban J connectivity index is 2.37. The molecular formula is C9H10F2O4. The van der Waals surface area contributed by atoms with Crippen LogP contribution in [0.25, 0.3) is 0 Å². The number of hydrogen-bond acceptors (Lipinski definition) is 4. The fraction of sp³-hybridized carbons (Fsp3) is 0.556. The van der Waals surface area contributed by atoms with Crippen LogP contribution in [-0.2, 0) is 19.1 Å². The van der Waals surface area contributed by atoms with E-state index in [1.807, 2.05) is 0 Å². The van der Waals surface area contributed by atoms with Gasteiger partial charge in [-0.2, -0.15) is 8.78 Å². The third-order valence-corrected chi connectivity index (χ3v) is 1.77. The summed E-state index contributed by atoms with van der Waals surface area (Å²) in [5.74, 6) is -5.67. The number of rotatable bonds is 3. The van der Waals surface area contributed by atoms with Gasteiger partial charge in [-0.05, 0) is 6.92 Å². The number of hydrogen-bond donors (Lipinski definition) is 0. The van der Waals surface area contributed by atoms with Crippen molar-refractivity contribution in [2.75, 3.05) is 6.61 Å². The highest BCUT2D eigenvalue weighted by molar-refractivity contribution is 5.82. The Morgan fingerprint density at radius 1 is 1.73 bits per heavy atom. The van der Waals surface area contributed by atoms with Crippen LogP contribution in [-0.4, -0.2) is 30.6 Å². The van der Waals surface area contributed by atoms with Gasteiger partial charge in [0.15, 0.2) is 0 Å². The third kappa shape index (κ3) is 3.00. The zero-order valence-electron chi connectivity index (χ0n) is 8.04. The summed E-state index contributed by atoms with van der Waals surface area (Å²) < 4.78 is 34.1. The minimum Gasteiger partial charge on any atom is -0.459 e. The molecule has 1 fully saturated rings. The standard InChI is InChI=1S/C9H10F2O4/c1-2-3-7(12)14-5-6-4-9(10,11)8(13)15-6/h2-3,6H,4-5H2,1H3/b3-2+. The SMILES string of the molecule is C/C=C/C(=O)OCC1CC(F)(F)C(=O)O1. The van der Waals surface area contributed by atoms with Crippen molar-refractivity contribution in [1.82, 2.24) is 0 Å². The van der Waals surface area contributed by atoms with E-state index in [1.165, 1.54) is 6.08 Å². The van der Waals surface area contributed by atoms with Gasteiger partial charge in [-0.1, -0.05) is 6.08 Å². The number of halogens is 2. The van der Waals surface area contributed by atoms with Crippen LogP contribution in [0.5, 0.6) is 0 Å². The van der Waals surface area contributed by atoms with Crippen molar-refractivity contribution in [2.45, 2.75) is 25.4 Å². The van der Waals surface area contributed by atoms with Crippen molar-refractivity contribution in [3.05, 3.63) is 12.2 Å². The monoisotopic (exact) mass is 220 g/mol. The van der Waals surface area contributed by atoms with Crippen LogP contribution < -0.4 is 0 Å². The molecule has 1 aliphatic rings. The van der Waals surface area contributed by atoms with Gasteiger partial charge in [0.2, 0.25) is 0 Å². The minimum absolute atomic E-state index is 0.343. The Hall–Kier alpha value is -1.46. The molecule has 0 spiro atoms. The van der Waals surface area contributed by atoms with Gasteiger partial charge in [0.25, 0.3) is 0 Å². The van der Waals surface area contributed by atoms with Gasteiger partial charge in [0.05, 0.1) is 6.42 Å². The second-order valence-electron chi connectivity index (χ2n) is 3.07. The Bertz CT molecular complexity index is 298. The zero-order chi connectivity index (χ0) is 11.5. The number of ether oxygens (including phenoxy) is 2. The molecule has 15 heavy (non-hydrogen) atoms. The van der Waals surface area contributed by atoms with Crippen LogP contribution in [0.2, 0.25) is 0 Å². The van der Waals surface area contributed by atoms with Gasteiger partial charge in [0.1, 0.15) is 12.7 Å². The molecule has 0 aliphatic carbocycles. The second-order valence-corrected chi connectivity index (χ2v) is 3.07. The van der Waals surface area contributed by atoms with E-state index < -0.39 is 30.4 Å². The van der Waals surface area contributed by atoms with E-state index in [9.17, 15) is 18.4 Å². The smallest absolute Gasteiger partial charge is 0.377 e. The average Bonchev–Trinajstić information content (AvgIpc) is 2.38. The molecule has 1 unspecified atom stereocenters. The normalized spacial score (nSPS) is 24.2. The molecule has 1 aliphatic heterocycles. The first kappa shape index (κ1) is 11.6. The Morgan fingerprint density at radius 3 is 2.87 bits per heavy atom. The van der Waals surface area contributed by atoms with Gasteiger partial charge in [-0.15, -0.1) is 0 Å². The summed E-state index contributed by atoms with van der Waals surface area (Å²) in [5.41, 5.74) is 0. The molecule has 1 atom stereocenters. The Kier molecular flexibility index (Phi) is 3.39. The number of alkyl halides is 2.